The minimum atomic E-state index is -0.914. The molecular weight excluding hydrogens is 285 g/mol. The maximum atomic E-state index is 13.6. The molecule has 0 aliphatic rings. The lowest BCUT2D eigenvalue weighted by Gasteiger charge is -2.05. The molecule has 2 rings (SSSR count). The molecule has 0 aliphatic heterocycles. The molecular formula is C12H8FN3O5. The van der Waals surface area contributed by atoms with Gasteiger partial charge in [0.05, 0.1) is 30.5 Å². The number of nitrogens with zero attached hydrogens (tertiary/aromatic N) is 3. The number of non-ortho nitro benzene ring substituents is 1. The number of hydrogen-bond donors (Lipinski definition) is 0. The molecule has 21 heavy (non-hydrogen) atoms. The summed E-state index contributed by atoms with van der Waals surface area (Å²) in [6.45, 7) is 0. The Morgan fingerprint density at radius 3 is 2.62 bits per heavy atom. The molecule has 0 N–H and O–H groups in total. The number of nitro groups is 1. The summed E-state index contributed by atoms with van der Waals surface area (Å²) in [5, 5.41) is 10.5. The molecule has 0 fully saturated rings. The summed E-state index contributed by atoms with van der Waals surface area (Å²) in [6.07, 6.45) is 2.21. The lowest BCUT2D eigenvalue weighted by atomic mass is 10.3. The first kappa shape index (κ1) is 14.3. The summed E-state index contributed by atoms with van der Waals surface area (Å²) in [5.41, 5.74) is -0.430. The molecule has 2 aromatic rings. The number of halogens is 1. The fourth-order valence-corrected chi connectivity index (χ4v) is 1.38. The van der Waals surface area contributed by atoms with E-state index >= 15 is 0 Å². The van der Waals surface area contributed by atoms with Crippen molar-refractivity contribution in [3.63, 3.8) is 0 Å². The Labute approximate surface area is 117 Å². The third kappa shape index (κ3) is 3.26. The van der Waals surface area contributed by atoms with E-state index in [1.165, 1.54) is 7.11 Å². The molecule has 0 saturated carbocycles. The largest absolute Gasteiger partial charge is 0.464 e. The van der Waals surface area contributed by atoms with E-state index in [2.05, 4.69) is 14.7 Å². The topological polar surface area (TPSA) is 104 Å². The SMILES string of the molecule is COC(=O)c1cnc(Oc2ccc([N+](=O)[O-])cc2F)cn1. The van der Waals surface area contributed by atoms with Gasteiger partial charge in [0, 0.05) is 6.07 Å². The summed E-state index contributed by atoms with van der Waals surface area (Å²) in [5.74, 6) is -1.91. The van der Waals surface area contributed by atoms with Gasteiger partial charge < -0.3 is 9.47 Å². The highest BCUT2D eigenvalue weighted by atomic mass is 19.1. The number of carbonyl (C=O) groups excluding carboxylic acids is 1. The van der Waals surface area contributed by atoms with Crippen LogP contribution in [-0.2, 0) is 4.74 Å². The summed E-state index contributed by atoms with van der Waals surface area (Å²) in [4.78, 5) is 28.4. The molecule has 1 aromatic carbocycles. The van der Waals surface area contributed by atoms with Crippen LogP contribution in [0.2, 0.25) is 0 Å². The van der Waals surface area contributed by atoms with Gasteiger partial charge in [-0.25, -0.2) is 19.2 Å². The zero-order valence-electron chi connectivity index (χ0n) is 10.6. The van der Waals surface area contributed by atoms with Gasteiger partial charge in [0.25, 0.3) is 5.69 Å². The van der Waals surface area contributed by atoms with Crippen LogP contribution in [0.4, 0.5) is 10.1 Å². The molecule has 0 atom stereocenters. The molecule has 0 bridgehead atoms. The minimum absolute atomic E-state index is 0.0333. The molecule has 9 heteroatoms. The van der Waals surface area contributed by atoms with Gasteiger partial charge >= 0.3 is 5.97 Å². The number of nitro benzene ring substituents is 1. The zero-order chi connectivity index (χ0) is 15.4. The standard InChI is InChI=1S/C12H8FN3O5/c1-20-12(17)9-5-15-11(6-14-9)21-10-3-2-7(16(18)19)4-8(10)13/h2-6H,1H3. The van der Waals surface area contributed by atoms with Crippen LogP contribution in [0.5, 0.6) is 11.6 Å². The normalized spacial score (nSPS) is 10.0. The number of carbonyl (C=O) groups is 1. The quantitative estimate of drug-likeness (QED) is 0.483. The van der Waals surface area contributed by atoms with Gasteiger partial charge in [0.15, 0.2) is 17.3 Å². The second-order valence-electron chi connectivity index (χ2n) is 3.71. The Morgan fingerprint density at radius 1 is 1.33 bits per heavy atom. The number of esters is 1. The van der Waals surface area contributed by atoms with Gasteiger partial charge in [0.2, 0.25) is 5.88 Å². The summed E-state index contributed by atoms with van der Waals surface area (Å²) in [7, 11) is 1.20. The average Bonchev–Trinajstić information content (AvgIpc) is 2.49. The lowest BCUT2D eigenvalue weighted by Crippen LogP contribution is -2.05. The number of ether oxygens (including phenoxy) is 2. The minimum Gasteiger partial charge on any atom is -0.464 e. The van der Waals surface area contributed by atoms with Crippen LogP contribution in [-0.4, -0.2) is 28.0 Å². The van der Waals surface area contributed by atoms with E-state index < -0.39 is 22.4 Å². The van der Waals surface area contributed by atoms with Crippen molar-refractivity contribution < 1.29 is 23.6 Å². The van der Waals surface area contributed by atoms with Crippen molar-refractivity contribution in [2.75, 3.05) is 7.11 Å². The Balaban J connectivity index is 2.18. The van der Waals surface area contributed by atoms with Crippen molar-refractivity contribution in [2.45, 2.75) is 0 Å². The fourth-order valence-electron chi connectivity index (χ4n) is 1.38. The summed E-state index contributed by atoms with van der Waals surface area (Å²) in [6, 6.07) is 2.92. The monoisotopic (exact) mass is 293 g/mol. The van der Waals surface area contributed by atoms with Crippen LogP contribution < -0.4 is 4.74 Å². The van der Waals surface area contributed by atoms with E-state index in [4.69, 9.17) is 4.74 Å². The van der Waals surface area contributed by atoms with Gasteiger partial charge in [0.1, 0.15) is 0 Å². The van der Waals surface area contributed by atoms with Crippen LogP contribution >= 0.6 is 0 Å². The Bertz CT molecular complexity index is 690. The molecule has 0 saturated heterocycles. The van der Waals surface area contributed by atoms with Crippen LogP contribution in [0.3, 0.4) is 0 Å². The Morgan fingerprint density at radius 2 is 2.10 bits per heavy atom. The van der Waals surface area contributed by atoms with Crippen LogP contribution in [0.1, 0.15) is 10.5 Å². The molecule has 0 aliphatic carbocycles. The number of benzene rings is 1. The van der Waals surface area contributed by atoms with Gasteiger partial charge in [-0.3, -0.25) is 10.1 Å². The maximum absolute atomic E-state index is 13.6. The number of methoxy groups -OCH3 is 1. The van der Waals surface area contributed by atoms with E-state index in [0.717, 1.165) is 30.6 Å². The number of rotatable bonds is 4. The molecule has 0 spiro atoms. The molecule has 108 valence electrons. The summed E-state index contributed by atoms with van der Waals surface area (Å²) >= 11 is 0. The van der Waals surface area contributed by atoms with Gasteiger partial charge in [-0.15, -0.1) is 0 Å². The highest BCUT2D eigenvalue weighted by Crippen LogP contribution is 2.26. The van der Waals surface area contributed by atoms with Gasteiger partial charge in [-0.2, -0.15) is 0 Å². The lowest BCUT2D eigenvalue weighted by molar-refractivity contribution is -0.385. The van der Waals surface area contributed by atoms with Crippen LogP contribution in [0.15, 0.2) is 30.6 Å². The Kier molecular flexibility index (Phi) is 4.02. The molecule has 0 amide bonds. The third-order valence-electron chi connectivity index (χ3n) is 2.36. The molecule has 8 nitrogen and oxygen atoms in total. The number of aromatic nitrogens is 2. The van der Waals surface area contributed by atoms with Crippen molar-refractivity contribution >= 4 is 11.7 Å². The fraction of sp³-hybridized carbons (Fsp3) is 0.0833. The van der Waals surface area contributed by atoms with Crippen molar-refractivity contribution in [3.8, 4) is 11.6 Å². The highest BCUT2D eigenvalue weighted by Gasteiger charge is 2.13. The van der Waals surface area contributed by atoms with E-state index in [0.29, 0.717) is 0 Å². The van der Waals surface area contributed by atoms with Crippen molar-refractivity contribution in [1.29, 1.82) is 0 Å². The average molecular weight is 293 g/mol. The predicted octanol–water partition coefficient (Wildman–Crippen LogP) is 2.10. The summed E-state index contributed by atoms with van der Waals surface area (Å²) < 4.78 is 23.1. The second-order valence-corrected chi connectivity index (χ2v) is 3.71. The van der Waals surface area contributed by atoms with E-state index in [9.17, 15) is 19.3 Å². The first-order chi connectivity index (χ1) is 10.0. The molecule has 1 heterocycles. The zero-order valence-corrected chi connectivity index (χ0v) is 10.6. The molecule has 0 radical (unpaired) electrons. The number of hydrogen-bond acceptors (Lipinski definition) is 7. The maximum Gasteiger partial charge on any atom is 0.358 e. The van der Waals surface area contributed by atoms with E-state index in [1.54, 1.807) is 0 Å². The van der Waals surface area contributed by atoms with Gasteiger partial charge in [-0.05, 0) is 6.07 Å². The van der Waals surface area contributed by atoms with Gasteiger partial charge in [-0.1, -0.05) is 0 Å². The van der Waals surface area contributed by atoms with Crippen molar-refractivity contribution in [2.24, 2.45) is 0 Å². The Hall–Kier alpha value is -3.10. The first-order valence-electron chi connectivity index (χ1n) is 5.53. The second kappa shape index (κ2) is 5.90. The van der Waals surface area contributed by atoms with Crippen molar-refractivity contribution in [3.05, 3.63) is 52.2 Å². The molecule has 0 unspecified atom stereocenters. The highest BCUT2D eigenvalue weighted by molar-refractivity contribution is 5.86. The van der Waals surface area contributed by atoms with E-state index in [1.807, 2.05) is 0 Å². The first-order valence-corrected chi connectivity index (χ1v) is 5.53. The van der Waals surface area contributed by atoms with Crippen LogP contribution in [0.25, 0.3) is 0 Å². The van der Waals surface area contributed by atoms with E-state index in [-0.39, 0.29) is 17.3 Å². The molecule has 1 aromatic heterocycles. The van der Waals surface area contributed by atoms with Crippen molar-refractivity contribution in [1.82, 2.24) is 9.97 Å². The smallest absolute Gasteiger partial charge is 0.358 e. The predicted molar refractivity (Wildman–Crippen MR) is 66.5 cm³/mol. The van der Waals surface area contributed by atoms with Crippen LogP contribution in [0, 0.1) is 15.9 Å². The third-order valence-corrected chi connectivity index (χ3v) is 2.36.